The molecule has 0 bridgehead atoms. The lowest BCUT2D eigenvalue weighted by atomic mass is 10.1. The number of rotatable bonds is 4. The van der Waals surface area contributed by atoms with E-state index >= 15 is 0 Å². The highest BCUT2D eigenvalue weighted by Crippen LogP contribution is 2.22. The second-order valence-corrected chi connectivity index (χ2v) is 4.00. The summed E-state index contributed by atoms with van der Waals surface area (Å²) in [6, 6.07) is 8.87. The Bertz CT molecular complexity index is 498. The van der Waals surface area contributed by atoms with E-state index in [-0.39, 0.29) is 11.9 Å². The number of carbonyl (C=O) groups is 1. The van der Waals surface area contributed by atoms with Crippen molar-refractivity contribution < 1.29 is 13.9 Å². The number of ketones is 1. The number of furan rings is 1. The molecule has 0 amide bonds. The van der Waals surface area contributed by atoms with E-state index in [0.29, 0.717) is 16.9 Å². The van der Waals surface area contributed by atoms with E-state index < -0.39 is 0 Å². The van der Waals surface area contributed by atoms with Gasteiger partial charge in [-0.15, -0.1) is 0 Å². The van der Waals surface area contributed by atoms with Crippen molar-refractivity contribution in [2.24, 2.45) is 0 Å². The van der Waals surface area contributed by atoms with Crippen molar-refractivity contribution in [2.45, 2.75) is 20.0 Å². The molecule has 0 aliphatic heterocycles. The predicted molar refractivity (Wildman–Crippen MR) is 64.3 cm³/mol. The molecule has 0 fully saturated rings. The summed E-state index contributed by atoms with van der Waals surface area (Å²) in [4.78, 5) is 12.2. The summed E-state index contributed by atoms with van der Waals surface area (Å²) >= 11 is 0. The summed E-state index contributed by atoms with van der Waals surface area (Å²) in [5, 5.41) is 0. The molecule has 3 heteroatoms. The Morgan fingerprint density at radius 2 is 2.00 bits per heavy atom. The molecule has 0 spiro atoms. The van der Waals surface area contributed by atoms with Gasteiger partial charge in [-0.05, 0) is 32.0 Å². The van der Waals surface area contributed by atoms with Gasteiger partial charge in [0.1, 0.15) is 12.0 Å². The molecule has 0 N–H and O–H groups in total. The molecule has 0 radical (unpaired) electrons. The maximum Gasteiger partial charge on any atom is 0.199 e. The van der Waals surface area contributed by atoms with E-state index in [1.807, 2.05) is 26.0 Å². The molecular weight excluding hydrogens is 216 g/mol. The van der Waals surface area contributed by atoms with Crippen LogP contribution in [0, 0.1) is 0 Å². The van der Waals surface area contributed by atoms with E-state index in [0.717, 1.165) is 0 Å². The number of carbonyl (C=O) groups excluding carboxylic acids is 1. The Hall–Kier alpha value is -2.03. The Morgan fingerprint density at radius 1 is 1.24 bits per heavy atom. The summed E-state index contributed by atoms with van der Waals surface area (Å²) in [6.07, 6.45) is 2.96. The van der Waals surface area contributed by atoms with Crippen LogP contribution in [0.5, 0.6) is 5.75 Å². The third-order valence-corrected chi connectivity index (χ3v) is 2.28. The van der Waals surface area contributed by atoms with Gasteiger partial charge < -0.3 is 9.15 Å². The van der Waals surface area contributed by atoms with Crippen LogP contribution >= 0.6 is 0 Å². The second-order valence-electron chi connectivity index (χ2n) is 4.00. The van der Waals surface area contributed by atoms with Gasteiger partial charge in [-0.25, -0.2) is 0 Å². The highest BCUT2D eigenvalue weighted by molar-refractivity contribution is 6.10. The first-order chi connectivity index (χ1) is 8.18. The standard InChI is InChI=1S/C14H14O3/c1-10(2)17-13-6-4-3-5-12(13)14(15)11-7-8-16-9-11/h3-10H,1-2H3. The number of para-hydroxylation sites is 1. The van der Waals surface area contributed by atoms with Crippen LogP contribution in [-0.4, -0.2) is 11.9 Å². The van der Waals surface area contributed by atoms with Gasteiger partial charge in [0.25, 0.3) is 0 Å². The molecule has 2 aromatic rings. The first-order valence-corrected chi connectivity index (χ1v) is 5.51. The average Bonchev–Trinajstić information content (AvgIpc) is 2.81. The number of ether oxygens (including phenoxy) is 1. The van der Waals surface area contributed by atoms with Gasteiger partial charge in [0, 0.05) is 0 Å². The molecule has 0 saturated heterocycles. The molecule has 1 aromatic heterocycles. The zero-order valence-corrected chi connectivity index (χ0v) is 9.84. The van der Waals surface area contributed by atoms with Crippen LogP contribution in [-0.2, 0) is 0 Å². The van der Waals surface area contributed by atoms with E-state index in [1.165, 1.54) is 12.5 Å². The van der Waals surface area contributed by atoms with Crippen LogP contribution in [0.25, 0.3) is 0 Å². The highest BCUT2D eigenvalue weighted by Gasteiger charge is 2.15. The number of hydrogen-bond acceptors (Lipinski definition) is 3. The Labute approximate surface area is 100 Å². The van der Waals surface area contributed by atoms with E-state index in [9.17, 15) is 4.79 Å². The van der Waals surface area contributed by atoms with Crippen molar-refractivity contribution in [3.63, 3.8) is 0 Å². The van der Waals surface area contributed by atoms with Crippen molar-refractivity contribution in [3.05, 3.63) is 54.0 Å². The minimum absolute atomic E-state index is 0.0355. The highest BCUT2D eigenvalue weighted by atomic mass is 16.5. The van der Waals surface area contributed by atoms with E-state index in [1.54, 1.807) is 18.2 Å². The Balaban J connectivity index is 2.35. The SMILES string of the molecule is CC(C)Oc1ccccc1C(=O)c1ccoc1. The van der Waals surface area contributed by atoms with Crippen LogP contribution in [0.15, 0.2) is 47.3 Å². The monoisotopic (exact) mass is 230 g/mol. The quantitative estimate of drug-likeness (QED) is 0.756. The van der Waals surface area contributed by atoms with Crippen molar-refractivity contribution in [1.29, 1.82) is 0 Å². The summed E-state index contributed by atoms with van der Waals surface area (Å²) < 4.78 is 10.5. The van der Waals surface area contributed by atoms with Gasteiger partial charge in [0.05, 0.1) is 23.5 Å². The second kappa shape index (κ2) is 4.87. The molecule has 88 valence electrons. The lowest BCUT2D eigenvalue weighted by molar-refractivity contribution is 0.103. The average molecular weight is 230 g/mol. The summed E-state index contributed by atoms with van der Waals surface area (Å²) in [5.74, 6) is 0.517. The Morgan fingerprint density at radius 3 is 2.65 bits per heavy atom. The molecule has 0 atom stereocenters. The van der Waals surface area contributed by atoms with Gasteiger partial charge in [-0.1, -0.05) is 12.1 Å². The van der Waals surface area contributed by atoms with Crippen LogP contribution in [0.1, 0.15) is 29.8 Å². The first kappa shape index (κ1) is 11.5. The fourth-order valence-corrected chi connectivity index (χ4v) is 1.56. The van der Waals surface area contributed by atoms with Gasteiger partial charge in [0.2, 0.25) is 0 Å². The molecule has 2 rings (SSSR count). The molecular formula is C14H14O3. The maximum atomic E-state index is 12.2. The molecule has 3 nitrogen and oxygen atoms in total. The summed E-state index contributed by atoms with van der Waals surface area (Å²) in [7, 11) is 0. The lowest BCUT2D eigenvalue weighted by Gasteiger charge is -2.12. The molecule has 1 heterocycles. The summed E-state index contributed by atoms with van der Waals surface area (Å²) in [6.45, 7) is 3.86. The molecule has 0 aliphatic carbocycles. The zero-order chi connectivity index (χ0) is 12.3. The zero-order valence-electron chi connectivity index (χ0n) is 9.84. The molecule has 0 unspecified atom stereocenters. The Kier molecular flexibility index (Phi) is 3.28. The maximum absolute atomic E-state index is 12.2. The third kappa shape index (κ3) is 2.56. The largest absolute Gasteiger partial charge is 0.490 e. The van der Waals surface area contributed by atoms with Gasteiger partial charge in [-0.2, -0.15) is 0 Å². The van der Waals surface area contributed by atoms with Crippen LogP contribution < -0.4 is 4.74 Å². The van der Waals surface area contributed by atoms with E-state index in [2.05, 4.69) is 0 Å². The topological polar surface area (TPSA) is 39.4 Å². The van der Waals surface area contributed by atoms with Crippen molar-refractivity contribution in [3.8, 4) is 5.75 Å². The van der Waals surface area contributed by atoms with Crippen molar-refractivity contribution in [2.75, 3.05) is 0 Å². The third-order valence-electron chi connectivity index (χ3n) is 2.28. The predicted octanol–water partition coefficient (Wildman–Crippen LogP) is 3.30. The number of benzene rings is 1. The minimum atomic E-state index is -0.0880. The van der Waals surface area contributed by atoms with Crippen LogP contribution in [0.4, 0.5) is 0 Å². The van der Waals surface area contributed by atoms with Crippen molar-refractivity contribution in [1.82, 2.24) is 0 Å². The normalized spacial score (nSPS) is 10.5. The summed E-state index contributed by atoms with van der Waals surface area (Å²) in [5.41, 5.74) is 1.09. The van der Waals surface area contributed by atoms with Gasteiger partial charge >= 0.3 is 0 Å². The molecule has 1 aromatic carbocycles. The lowest BCUT2D eigenvalue weighted by Crippen LogP contribution is -2.10. The van der Waals surface area contributed by atoms with Crippen LogP contribution in [0.2, 0.25) is 0 Å². The first-order valence-electron chi connectivity index (χ1n) is 5.51. The number of hydrogen-bond donors (Lipinski definition) is 0. The molecule has 17 heavy (non-hydrogen) atoms. The smallest absolute Gasteiger partial charge is 0.199 e. The van der Waals surface area contributed by atoms with Crippen LogP contribution in [0.3, 0.4) is 0 Å². The van der Waals surface area contributed by atoms with Crippen molar-refractivity contribution >= 4 is 5.78 Å². The van der Waals surface area contributed by atoms with E-state index in [4.69, 9.17) is 9.15 Å². The van der Waals surface area contributed by atoms with Gasteiger partial charge in [-0.3, -0.25) is 4.79 Å². The fourth-order valence-electron chi connectivity index (χ4n) is 1.56. The molecule has 0 aliphatic rings. The minimum Gasteiger partial charge on any atom is -0.490 e. The van der Waals surface area contributed by atoms with Gasteiger partial charge in [0.15, 0.2) is 5.78 Å². The fraction of sp³-hybridized carbons (Fsp3) is 0.214. The molecule has 0 saturated carbocycles.